The predicted molar refractivity (Wildman–Crippen MR) is 70.6 cm³/mol. The summed E-state index contributed by atoms with van der Waals surface area (Å²) in [4.78, 5) is 14.4. The molecular formula is C15H14N2O2. The monoisotopic (exact) mass is 254 g/mol. The number of nitrogens with zero attached hydrogens (tertiary/aromatic N) is 1. The van der Waals surface area contributed by atoms with Crippen LogP contribution in [-0.2, 0) is 22.4 Å². The molecule has 0 saturated carbocycles. The van der Waals surface area contributed by atoms with Gasteiger partial charge in [-0.15, -0.1) is 0 Å². The number of fused-ring (bicyclic) bond motifs is 3. The quantitative estimate of drug-likeness (QED) is 0.795. The number of aromatic amines is 1. The smallest absolute Gasteiger partial charge is 0.302 e. The second-order valence-corrected chi connectivity index (χ2v) is 4.93. The summed E-state index contributed by atoms with van der Waals surface area (Å²) in [6.07, 6.45) is 2.41. The van der Waals surface area contributed by atoms with Gasteiger partial charge in [-0.05, 0) is 36.6 Å². The molecule has 2 aromatic rings. The molecule has 0 aliphatic heterocycles. The molecular weight excluding hydrogens is 240 g/mol. The number of nitrogens with one attached hydrogen (secondary N) is 1. The fourth-order valence-electron chi connectivity index (χ4n) is 2.79. The number of nitriles is 1. The first-order valence-corrected chi connectivity index (χ1v) is 6.38. The topological polar surface area (TPSA) is 65.9 Å². The van der Waals surface area contributed by atoms with Crippen LogP contribution in [-0.4, -0.2) is 17.1 Å². The zero-order chi connectivity index (χ0) is 13.4. The molecule has 4 heteroatoms. The van der Waals surface area contributed by atoms with E-state index in [9.17, 15) is 4.79 Å². The summed E-state index contributed by atoms with van der Waals surface area (Å²) in [6, 6.07) is 7.81. The van der Waals surface area contributed by atoms with E-state index in [1.54, 1.807) is 0 Å². The summed E-state index contributed by atoms with van der Waals surface area (Å²) in [6.45, 7) is 1.44. The summed E-state index contributed by atoms with van der Waals surface area (Å²) >= 11 is 0. The molecule has 3 rings (SSSR count). The van der Waals surface area contributed by atoms with Crippen molar-refractivity contribution in [3.8, 4) is 6.07 Å². The highest BCUT2D eigenvalue weighted by Gasteiger charge is 2.24. The summed E-state index contributed by atoms with van der Waals surface area (Å²) in [5.41, 5.74) is 4.09. The molecule has 0 amide bonds. The van der Waals surface area contributed by atoms with Crippen LogP contribution in [0, 0.1) is 11.3 Å². The number of ether oxygens (including phenoxy) is 1. The SMILES string of the molecule is CC(=O)O[C@@H]1CCc2[nH]c3ccc(C#N)cc3c2C1. The maximum absolute atomic E-state index is 11.1. The number of carbonyl (C=O) groups is 1. The van der Waals surface area contributed by atoms with Crippen LogP contribution in [0.1, 0.15) is 30.2 Å². The van der Waals surface area contributed by atoms with Gasteiger partial charge in [-0.3, -0.25) is 4.79 Å². The van der Waals surface area contributed by atoms with Crippen LogP contribution < -0.4 is 0 Å². The molecule has 0 bridgehead atoms. The fraction of sp³-hybridized carbons (Fsp3) is 0.333. The number of esters is 1. The van der Waals surface area contributed by atoms with Crippen molar-refractivity contribution in [3.05, 3.63) is 35.0 Å². The molecule has 1 atom stereocenters. The highest BCUT2D eigenvalue weighted by atomic mass is 16.5. The number of rotatable bonds is 1. The van der Waals surface area contributed by atoms with Gasteiger partial charge >= 0.3 is 5.97 Å². The Morgan fingerprint density at radius 2 is 2.37 bits per heavy atom. The highest BCUT2D eigenvalue weighted by Crippen LogP contribution is 2.30. The van der Waals surface area contributed by atoms with Crippen molar-refractivity contribution in [1.29, 1.82) is 5.26 Å². The second-order valence-electron chi connectivity index (χ2n) is 4.93. The van der Waals surface area contributed by atoms with Gasteiger partial charge in [0.2, 0.25) is 0 Å². The van der Waals surface area contributed by atoms with Crippen molar-refractivity contribution < 1.29 is 9.53 Å². The minimum Gasteiger partial charge on any atom is -0.462 e. The van der Waals surface area contributed by atoms with E-state index in [0.29, 0.717) is 5.56 Å². The van der Waals surface area contributed by atoms with E-state index in [1.807, 2.05) is 18.2 Å². The average Bonchev–Trinajstić information content (AvgIpc) is 2.75. The van der Waals surface area contributed by atoms with Gasteiger partial charge in [-0.2, -0.15) is 5.26 Å². The molecule has 0 unspecified atom stereocenters. The van der Waals surface area contributed by atoms with Gasteiger partial charge in [0.1, 0.15) is 6.10 Å². The Labute approximate surface area is 111 Å². The molecule has 1 aliphatic carbocycles. The van der Waals surface area contributed by atoms with E-state index >= 15 is 0 Å². The Kier molecular flexibility index (Phi) is 2.75. The van der Waals surface area contributed by atoms with Crippen LogP contribution in [0.2, 0.25) is 0 Å². The first-order chi connectivity index (χ1) is 9.17. The lowest BCUT2D eigenvalue weighted by Crippen LogP contribution is -2.24. The summed E-state index contributed by atoms with van der Waals surface area (Å²) in [7, 11) is 0. The number of benzene rings is 1. The summed E-state index contributed by atoms with van der Waals surface area (Å²) in [5, 5.41) is 10.1. The van der Waals surface area contributed by atoms with Crippen LogP contribution in [0.25, 0.3) is 10.9 Å². The van der Waals surface area contributed by atoms with Crippen molar-refractivity contribution >= 4 is 16.9 Å². The van der Waals surface area contributed by atoms with Gasteiger partial charge in [-0.25, -0.2) is 0 Å². The standard InChI is InChI=1S/C15H14N2O2/c1-9(18)19-11-3-5-15-13(7-11)12-6-10(8-16)2-4-14(12)17-15/h2,4,6,11,17H,3,5,7H2,1H3/t11-/m1/s1. The Morgan fingerprint density at radius 1 is 1.53 bits per heavy atom. The number of aromatic nitrogens is 1. The van der Waals surface area contributed by atoms with Crippen LogP contribution in [0.3, 0.4) is 0 Å². The average molecular weight is 254 g/mol. The third kappa shape index (κ3) is 2.08. The van der Waals surface area contributed by atoms with Gasteiger partial charge in [0, 0.05) is 29.9 Å². The fourth-order valence-corrected chi connectivity index (χ4v) is 2.79. The molecule has 0 saturated heterocycles. The molecule has 1 aliphatic rings. The Bertz CT molecular complexity index is 694. The Hall–Kier alpha value is -2.28. The molecule has 4 nitrogen and oxygen atoms in total. The second kappa shape index (κ2) is 4.43. The maximum Gasteiger partial charge on any atom is 0.302 e. The number of H-pyrrole nitrogens is 1. The van der Waals surface area contributed by atoms with E-state index in [4.69, 9.17) is 10.00 Å². The zero-order valence-corrected chi connectivity index (χ0v) is 10.7. The third-order valence-electron chi connectivity index (χ3n) is 3.60. The lowest BCUT2D eigenvalue weighted by atomic mass is 9.93. The lowest BCUT2D eigenvalue weighted by molar-refractivity contribution is -0.146. The van der Waals surface area contributed by atoms with E-state index in [2.05, 4.69) is 11.1 Å². The normalized spacial score (nSPS) is 17.8. The van der Waals surface area contributed by atoms with Crippen molar-refractivity contribution in [2.24, 2.45) is 0 Å². The molecule has 0 radical (unpaired) electrons. The van der Waals surface area contributed by atoms with Crippen molar-refractivity contribution in [2.75, 3.05) is 0 Å². The van der Waals surface area contributed by atoms with E-state index in [1.165, 1.54) is 18.2 Å². The number of carbonyl (C=O) groups excluding carboxylic acids is 1. The van der Waals surface area contributed by atoms with Crippen molar-refractivity contribution in [1.82, 2.24) is 4.98 Å². The summed E-state index contributed by atoms with van der Waals surface area (Å²) < 4.78 is 5.31. The van der Waals surface area contributed by atoms with Gasteiger partial charge in [-0.1, -0.05) is 0 Å². The van der Waals surface area contributed by atoms with E-state index in [0.717, 1.165) is 30.2 Å². The minimum absolute atomic E-state index is 0.0465. The van der Waals surface area contributed by atoms with Crippen molar-refractivity contribution in [2.45, 2.75) is 32.3 Å². The maximum atomic E-state index is 11.1. The largest absolute Gasteiger partial charge is 0.462 e. The van der Waals surface area contributed by atoms with Crippen LogP contribution in [0.4, 0.5) is 0 Å². The molecule has 0 fully saturated rings. The first-order valence-electron chi connectivity index (χ1n) is 6.38. The summed E-state index contributed by atoms with van der Waals surface area (Å²) in [5.74, 6) is -0.231. The third-order valence-corrected chi connectivity index (χ3v) is 3.60. The molecule has 0 spiro atoms. The molecule has 19 heavy (non-hydrogen) atoms. The number of aryl methyl sites for hydroxylation is 1. The van der Waals surface area contributed by atoms with Crippen LogP contribution in [0.5, 0.6) is 0 Å². The van der Waals surface area contributed by atoms with E-state index < -0.39 is 0 Å². The molecule has 1 aromatic heterocycles. The number of hydrogen-bond acceptors (Lipinski definition) is 3. The van der Waals surface area contributed by atoms with Crippen LogP contribution >= 0.6 is 0 Å². The van der Waals surface area contributed by atoms with Crippen molar-refractivity contribution in [3.63, 3.8) is 0 Å². The lowest BCUT2D eigenvalue weighted by Gasteiger charge is -2.22. The minimum atomic E-state index is -0.231. The Morgan fingerprint density at radius 3 is 3.11 bits per heavy atom. The van der Waals surface area contributed by atoms with Gasteiger partial charge in [0.05, 0.1) is 11.6 Å². The predicted octanol–water partition coefficient (Wildman–Crippen LogP) is 2.46. The Balaban J connectivity index is 2.02. The van der Waals surface area contributed by atoms with Crippen LogP contribution in [0.15, 0.2) is 18.2 Å². The van der Waals surface area contributed by atoms with Gasteiger partial charge in [0.25, 0.3) is 0 Å². The molecule has 1 aromatic carbocycles. The molecule has 1 N–H and O–H groups in total. The van der Waals surface area contributed by atoms with E-state index in [-0.39, 0.29) is 12.1 Å². The number of hydrogen-bond donors (Lipinski definition) is 1. The molecule has 1 heterocycles. The molecule has 96 valence electrons. The van der Waals surface area contributed by atoms with Gasteiger partial charge in [0.15, 0.2) is 0 Å². The highest BCUT2D eigenvalue weighted by molar-refractivity contribution is 5.86. The van der Waals surface area contributed by atoms with Gasteiger partial charge < -0.3 is 9.72 Å². The first kappa shape index (κ1) is 11.8. The zero-order valence-electron chi connectivity index (χ0n) is 10.7.